The van der Waals surface area contributed by atoms with Gasteiger partial charge in [0.05, 0.1) is 12.3 Å². The molecule has 1 atom stereocenters. The standard InChI is InChI=1S/C21H25NO2/c1-4-24-21(23)19(15-16(2)3)22-20(17-11-7-5-8-12-17)18-13-9-6-10-14-18/h5-14,16,19H,4,15H2,1-3H3/t19-/m0/s1. The van der Waals surface area contributed by atoms with Crippen molar-refractivity contribution in [2.75, 3.05) is 6.61 Å². The highest BCUT2D eigenvalue weighted by Gasteiger charge is 2.22. The molecule has 126 valence electrons. The lowest BCUT2D eigenvalue weighted by Crippen LogP contribution is -2.25. The SMILES string of the molecule is CCOC(=O)[C@H](CC(C)C)N=C(c1ccccc1)c1ccccc1. The molecule has 2 aromatic carbocycles. The molecule has 0 N–H and O–H groups in total. The van der Waals surface area contributed by atoms with Crippen LogP contribution in [0.4, 0.5) is 0 Å². The molecule has 0 fully saturated rings. The van der Waals surface area contributed by atoms with Gasteiger partial charge in [0.15, 0.2) is 0 Å². The van der Waals surface area contributed by atoms with E-state index in [0.29, 0.717) is 18.9 Å². The Morgan fingerprint density at radius 2 is 1.46 bits per heavy atom. The molecule has 2 rings (SSSR count). The summed E-state index contributed by atoms with van der Waals surface area (Å²) in [5.41, 5.74) is 2.83. The van der Waals surface area contributed by atoms with Gasteiger partial charge >= 0.3 is 5.97 Å². The number of benzene rings is 2. The maximum absolute atomic E-state index is 12.3. The molecule has 0 aliphatic rings. The van der Waals surface area contributed by atoms with Crippen LogP contribution in [0.25, 0.3) is 0 Å². The van der Waals surface area contributed by atoms with Crippen molar-refractivity contribution >= 4 is 11.7 Å². The molecule has 0 saturated carbocycles. The van der Waals surface area contributed by atoms with Gasteiger partial charge in [-0.1, -0.05) is 74.5 Å². The number of aliphatic imine (C=N–C) groups is 1. The van der Waals surface area contributed by atoms with Gasteiger partial charge in [0.1, 0.15) is 6.04 Å². The van der Waals surface area contributed by atoms with Crippen LogP contribution >= 0.6 is 0 Å². The fraction of sp³-hybridized carbons (Fsp3) is 0.333. The van der Waals surface area contributed by atoms with Gasteiger partial charge < -0.3 is 4.74 Å². The van der Waals surface area contributed by atoms with E-state index < -0.39 is 6.04 Å². The van der Waals surface area contributed by atoms with Gasteiger partial charge in [-0.3, -0.25) is 4.99 Å². The van der Waals surface area contributed by atoms with Crippen LogP contribution in [0.2, 0.25) is 0 Å². The number of rotatable bonds is 7. The maximum Gasteiger partial charge on any atom is 0.330 e. The highest BCUT2D eigenvalue weighted by molar-refractivity contribution is 6.13. The molecule has 0 radical (unpaired) electrons. The van der Waals surface area contributed by atoms with Gasteiger partial charge in [0.2, 0.25) is 0 Å². The predicted octanol–water partition coefficient (Wildman–Crippen LogP) is 4.50. The van der Waals surface area contributed by atoms with E-state index >= 15 is 0 Å². The summed E-state index contributed by atoms with van der Waals surface area (Å²) in [5.74, 6) is 0.103. The summed E-state index contributed by atoms with van der Waals surface area (Å²) in [6.45, 7) is 6.37. The number of hydrogen-bond acceptors (Lipinski definition) is 3. The van der Waals surface area contributed by atoms with E-state index in [4.69, 9.17) is 9.73 Å². The molecule has 3 heteroatoms. The molecule has 0 bridgehead atoms. The van der Waals surface area contributed by atoms with Crippen molar-refractivity contribution in [2.24, 2.45) is 10.9 Å². The minimum absolute atomic E-state index is 0.254. The van der Waals surface area contributed by atoms with Crippen molar-refractivity contribution in [3.8, 4) is 0 Å². The van der Waals surface area contributed by atoms with Crippen molar-refractivity contribution in [3.05, 3.63) is 71.8 Å². The second-order valence-electron chi connectivity index (χ2n) is 6.11. The molecule has 2 aromatic rings. The van der Waals surface area contributed by atoms with Crippen molar-refractivity contribution in [3.63, 3.8) is 0 Å². The van der Waals surface area contributed by atoms with E-state index in [1.807, 2.05) is 67.6 Å². The molecular formula is C21H25NO2. The summed E-state index contributed by atoms with van der Waals surface area (Å²) in [4.78, 5) is 17.2. The molecule has 0 aliphatic carbocycles. The van der Waals surface area contributed by atoms with E-state index in [-0.39, 0.29) is 5.97 Å². The number of nitrogens with zero attached hydrogens (tertiary/aromatic N) is 1. The number of carbonyl (C=O) groups excluding carboxylic acids is 1. The summed E-state index contributed by atoms with van der Waals surface area (Å²) in [6.07, 6.45) is 0.669. The average molecular weight is 323 g/mol. The van der Waals surface area contributed by atoms with Crippen molar-refractivity contribution in [2.45, 2.75) is 33.2 Å². The quantitative estimate of drug-likeness (QED) is 0.556. The zero-order chi connectivity index (χ0) is 17.4. The smallest absolute Gasteiger partial charge is 0.330 e. The first-order valence-electron chi connectivity index (χ1n) is 8.47. The minimum Gasteiger partial charge on any atom is -0.464 e. The van der Waals surface area contributed by atoms with Crippen LogP contribution in [-0.4, -0.2) is 24.3 Å². The second-order valence-corrected chi connectivity index (χ2v) is 6.11. The van der Waals surface area contributed by atoms with Gasteiger partial charge in [-0.25, -0.2) is 4.79 Å². The second kappa shape index (κ2) is 9.02. The Hall–Kier alpha value is -2.42. The van der Waals surface area contributed by atoms with E-state index in [0.717, 1.165) is 16.8 Å². The van der Waals surface area contributed by atoms with Crippen LogP contribution in [0, 0.1) is 5.92 Å². The summed E-state index contributed by atoms with van der Waals surface area (Å²) >= 11 is 0. The first kappa shape index (κ1) is 17.9. The molecule has 0 amide bonds. The number of carbonyl (C=O) groups is 1. The Morgan fingerprint density at radius 3 is 1.88 bits per heavy atom. The molecule has 0 heterocycles. The average Bonchev–Trinajstić information content (AvgIpc) is 2.60. The molecule has 24 heavy (non-hydrogen) atoms. The largest absolute Gasteiger partial charge is 0.464 e. The molecule has 0 aliphatic heterocycles. The lowest BCUT2D eigenvalue weighted by Gasteiger charge is -2.16. The Morgan fingerprint density at radius 1 is 0.958 bits per heavy atom. The van der Waals surface area contributed by atoms with Crippen molar-refractivity contribution < 1.29 is 9.53 Å². The Kier molecular flexibility index (Phi) is 6.74. The lowest BCUT2D eigenvalue weighted by atomic mass is 10.00. The molecule has 0 spiro atoms. The topological polar surface area (TPSA) is 38.7 Å². The van der Waals surface area contributed by atoms with E-state index in [1.54, 1.807) is 0 Å². The van der Waals surface area contributed by atoms with E-state index in [1.165, 1.54) is 0 Å². The van der Waals surface area contributed by atoms with Crippen LogP contribution in [0.3, 0.4) is 0 Å². The fourth-order valence-corrected chi connectivity index (χ4v) is 2.55. The van der Waals surface area contributed by atoms with Crippen LogP contribution in [0.15, 0.2) is 65.7 Å². The Bertz CT molecular complexity index is 621. The zero-order valence-electron chi connectivity index (χ0n) is 14.6. The van der Waals surface area contributed by atoms with Gasteiger partial charge in [0.25, 0.3) is 0 Å². The molecule has 0 saturated heterocycles. The number of hydrogen-bond donors (Lipinski definition) is 0. The number of esters is 1. The normalized spacial score (nSPS) is 11.8. The third kappa shape index (κ3) is 5.05. The highest BCUT2D eigenvalue weighted by Crippen LogP contribution is 2.16. The van der Waals surface area contributed by atoms with Crippen molar-refractivity contribution in [1.29, 1.82) is 0 Å². The summed E-state index contributed by atoms with van der Waals surface area (Å²) < 4.78 is 5.23. The van der Waals surface area contributed by atoms with Crippen LogP contribution in [-0.2, 0) is 9.53 Å². The third-order valence-electron chi connectivity index (χ3n) is 3.63. The highest BCUT2D eigenvalue weighted by atomic mass is 16.5. The summed E-state index contributed by atoms with van der Waals surface area (Å²) in [7, 11) is 0. The molecular weight excluding hydrogens is 298 g/mol. The Balaban J connectivity index is 2.46. The van der Waals surface area contributed by atoms with Crippen LogP contribution in [0.5, 0.6) is 0 Å². The fourth-order valence-electron chi connectivity index (χ4n) is 2.55. The van der Waals surface area contributed by atoms with Crippen molar-refractivity contribution in [1.82, 2.24) is 0 Å². The van der Waals surface area contributed by atoms with Gasteiger partial charge in [0, 0.05) is 11.1 Å². The van der Waals surface area contributed by atoms with Gasteiger partial charge in [-0.2, -0.15) is 0 Å². The predicted molar refractivity (Wildman–Crippen MR) is 98.4 cm³/mol. The molecule has 0 aromatic heterocycles. The first-order valence-corrected chi connectivity index (χ1v) is 8.47. The monoisotopic (exact) mass is 323 g/mol. The third-order valence-corrected chi connectivity index (χ3v) is 3.63. The molecule has 0 unspecified atom stereocenters. The first-order chi connectivity index (χ1) is 11.6. The minimum atomic E-state index is -0.486. The van der Waals surface area contributed by atoms with Gasteiger partial charge in [-0.15, -0.1) is 0 Å². The van der Waals surface area contributed by atoms with Crippen LogP contribution < -0.4 is 0 Å². The summed E-state index contributed by atoms with van der Waals surface area (Å²) in [6, 6.07) is 19.5. The maximum atomic E-state index is 12.3. The Labute approximate surface area is 144 Å². The molecule has 3 nitrogen and oxygen atoms in total. The van der Waals surface area contributed by atoms with E-state index in [2.05, 4.69) is 13.8 Å². The zero-order valence-corrected chi connectivity index (χ0v) is 14.6. The van der Waals surface area contributed by atoms with Gasteiger partial charge in [-0.05, 0) is 19.3 Å². The van der Waals surface area contributed by atoms with Crippen LogP contribution in [0.1, 0.15) is 38.3 Å². The lowest BCUT2D eigenvalue weighted by molar-refractivity contribution is -0.144. The number of ether oxygens (including phenoxy) is 1. The summed E-state index contributed by atoms with van der Waals surface area (Å²) in [5, 5.41) is 0. The van der Waals surface area contributed by atoms with E-state index in [9.17, 15) is 4.79 Å².